The van der Waals surface area contributed by atoms with E-state index in [9.17, 15) is 5.26 Å². The third-order valence-electron chi connectivity index (χ3n) is 3.61. The van der Waals surface area contributed by atoms with Gasteiger partial charge in [0.1, 0.15) is 5.54 Å². The van der Waals surface area contributed by atoms with Crippen LogP contribution in [-0.4, -0.2) is 36.7 Å². The summed E-state index contributed by atoms with van der Waals surface area (Å²) in [4.78, 5) is 2.25. The van der Waals surface area contributed by atoms with E-state index in [0.29, 0.717) is 0 Å². The Morgan fingerprint density at radius 1 is 1.40 bits per heavy atom. The predicted molar refractivity (Wildman–Crippen MR) is 60.5 cm³/mol. The van der Waals surface area contributed by atoms with Gasteiger partial charge in [0, 0.05) is 7.11 Å². The molecule has 2 unspecified atom stereocenters. The van der Waals surface area contributed by atoms with E-state index in [-0.39, 0.29) is 11.6 Å². The van der Waals surface area contributed by atoms with Gasteiger partial charge in [-0.3, -0.25) is 4.90 Å². The first-order chi connectivity index (χ1) is 7.25. The van der Waals surface area contributed by atoms with Crippen LogP contribution in [0.15, 0.2) is 0 Å². The Morgan fingerprint density at radius 2 is 2.07 bits per heavy atom. The first kappa shape index (κ1) is 12.5. The van der Waals surface area contributed by atoms with Crippen LogP contribution in [0, 0.1) is 11.3 Å². The average Bonchev–Trinajstić information content (AvgIpc) is 2.31. The molecule has 1 aliphatic carbocycles. The average molecular weight is 210 g/mol. The minimum atomic E-state index is -0.378. The number of nitrogens with zero attached hydrogens (tertiary/aromatic N) is 2. The van der Waals surface area contributed by atoms with Crippen LogP contribution in [0.25, 0.3) is 0 Å². The highest BCUT2D eigenvalue weighted by Gasteiger charge is 2.45. The normalized spacial score (nSPS) is 31.5. The van der Waals surface area contributed by atoms with E-state index in [4.69, 9.17) is 4.74 Å². The van der Waals surface area contributed by atoms with Gasteiger partial charge in [0.25, 0.3) is 0 Å². The molecule has 0 spiro atoms. The molecule has 0 amide bonds. The zero-order valence-electron chi connectivity index (χ0n) is 10.1. The fraction of sp³-hybridized carbons (Fsp3) is 0.917. The van der Waals surface area contributed by atoms with Gasteiger partial charge >= 0.3 is 0 Å². The number of likely N-dealkylation sites (N-methyl/N-ethyl adjacent to an activating group) is 1. The van der Waals surface area contributed by atoms with E-state index >= 15 is 0 Å². The monoisotopic (exact) mass is 210 g/mol. The molecule has 1 fully saturated rings. The lowest BCUT2D eigenvalue weighted by Crippen LogP contribution is -2.57. The minimum absolute atomic E-state index is 0.0798. The molecule has 0 aliphatic heterocycles. The standard InChI is InChI=1S/C12H22N2O/c1-4-14(5-2)12(10-13)9-7-6-8-11(12)15-3/h11H,4-9H2,1-3H3. The van der Waals surface area contributed by atoms with Gasteiger partial charge in [-0.1, -0.05) is 26.7 Å². The molecular formula is C12H22N2O. The Kier molecular flexibility index (Phi) is 4.56. The van der Waals surface area contributed by atoms with Crippen molar-refractivity contribution < 1.29 is 4.74 Å². The molecule has 0 aromatic heterocycles. The molecule has 86 valence electrons. The molecule has 1 rings (SSSR count). The van der Waals surface area contributed by atoms with Crippen molar-refractivity contribution in [1.29, 1.82) is 5.26 Å². The summed E-state index contributed by atoms with van der Waals surface area (Å²) in [6, 6.07) is 2.52. The van der Waals surface area contributed by atoms with Gasteiger partial charge in [-0.15, -0.1) is 0 Å². The zero-order chi connectivity index (χ0) is 11.3. The molecule has 1 aliphatic rings. The van der Waals surface area contributed by atoms with Gasteiger partial charge in [0.15, 0.2) is 0 Å². The molecule has 2 atom stereocenters. The first-order valence-electron chi connectivity index (χ1n) is 5.94. The third-order valence-corrected chi connectivity index (χ3v) is 3.61. The Labute approximate surface area is 93.0 Å². The second-order valence-electron chi connectivity index (χ2n) is 4.18. The fourth-order valence-corrected chi connectivity index (χ4v) is 2.79. The lowest BCUT2D eigenvalue weighted by atomic mass is 9.78. The van der Waals surface area contributed by atoms with E-state index in [1.165, 1.54) is 6.42 Å². The Hall–Kier alpha value is -0.590. The van der Waals surface area contributed by atoms with Gasteiger partial charge in [-0.2, -0.15) is 5.26 Å². The van der Waals surface area contributed by atoms with Crippen molar-refractivity contribution in [3.63, 3.8) is 0 Å². The minimum Gasteiger partial charge on any atom is -0.378 e. The van der Waals surface area contributed by atoms with Crippen LogP contribution < -0.4 is 0 Å². The second kappa shape index (κ2) is 5.48. The molecule has 0 heterocycles. The summed E-state index contributed by atoms with van der Waals surface area (Å²) in [5.41, 5.74) is -0.378. The number of hydrogen-bond acceptors (Lipinski definition) is 3. The summed E-state index contributed by atoms with van der Waals surface area (Å²) in [6.07, 6.45) is 4.37. The SMILES string of the molecule is CCN(CC)C1(C#N)CCCCC1OC. The molecule has 0 bridgehead atoms. The maximum absolute atomic E-state index is 9.50. The second-order valence-corrected chi connectivity index (χ2v) is 4.18. The highest BCUT2D eigenvalue weighted by molar-refractivity contribution is 5.14. The third kappa shape index (κ3) is 2.16. The van der Waals surface area contributed by atoms with Gasteiger partial charge in [-0.25, -0.2) is 0 Å². The number of hydrogen-bond donors (Lipinski definition) is 0. The fourth-order valence-electron chi connectivity index (χ4n) is 2.79. The van der Waals surface area contributed by atoms with Crippen molar-refractivity contribution in [3.8, 4) is 6.07 Å². The molecule has 3 heteroatoms. The Balaban J connectivity index is 2.93. The summed E-state index contributed by atoms with van der Waals surface area (Å²) < 4.78 is 5.52. The molecule has 0 radical (unpaired) electrons. The van der Waals surface area contributed by atoms with E-state index < -0.39 is 0 Å². The van der Waals surface area contributed by atoms with Gasteiger partial charge in [0.05, 0.1) is 12.2 Å². The highest BCUT2D eigenvalue weighted by Crippen LogP contribution is 2.35. The highest BCUT2D eigenvalue weighted by atomic mass is 16.5. The van der Waals surface area contributed by atoms with Crippen LogP contribution in [0.2, 0.25) is 0 Å². The van der Waals surface area contributed by atoms with Crippen LogP contribution in [0.3, 0.4) is 0 Å². The molecular weight excluding hydrogens is 188 g/mol. The molecule has 0 N–H and O–H groups in total. The van der Waals surface area contributed by atoms with Crippen molar-refractivity contribution >= 4 is 0 Å². The van der Waals surface area contributed by atoms with Crippen molar-refractivity contribution in [3.05, 3.63) is 0 Å². The van der Waals surface area contributed by atoms with Crippen molar-refractivity contribution in [2.24, 2.45) is 0 Å². The van der Waals surface area contributed by atoms with Crippen molar-refractivity contribution in [2.75, 3.05) is 20.2 Å². The van der Waals surface area contributed by atoms with Crippen LogP contribution in [0.1, 0.15) is 39.5 Å². The number of methoxy groups -OCH3 is 1. The molecule has 0 aromatic carbocycles. The van der Waals surface area contributed by atoms with Crippen molar-refractivity contribution in [2.45, 2.75) is 51.2 Å². The summed E-state index contributed by atoms with van der Waals surface area (Å²) >= 11 is 0. The summed E-state index contributed by atoms with van der Waals surface area (Å²) in [5, 5.41) is 9.50. The lowest BCUT2D eigenvalue weighted by molar-refractivity contribution is -0.0459. The Bertz CT molecular complexity index is 223. The molecule has 15 heavy (non-hydrogen) atoms. The largest absolute Gasteiger partial charge is 0.378 e. The molecule has 1 saturated carbocycles. The number of rotatable bonds is 4. The van der Waals surface area contributed by atoms with Gasteiger partial charge in [0.2, 0.25) is 0 Å². The maximum Gasteiger partial charge on any atom is 0.135 e. The van der Waals surface area contributed by atoms with E-state index in [1.807, 2.05) is 0 Å². The molecule has 0 aromatic rings. The number of nitriles is 1. The van der Waals surface area contributed by atoms with Crippen LogP contribution in [0.5, 0.6) is 0 Å². The summed E-state index contributed by atoms with van der Waals surface area (Å²) in [6.45, 7) is 6.07. The summed E-state index contributed by atoms with van der Waals surface area (Å²) in [7, 11) is 1.73. The van der Waals surface area contributed by atoms with Crippen molar-refractivity contribution in [1.82, 2.24) is 4.90 Å². The van der Waals surface area contributed by atoms with E-state index in [2.05, 4.69) is 24.8 Å². The van der Waals surface area contributed by atoms with Crippen LogP contribution >= 0.6 is 0 Å². The Morgan fingerprint density at radius 3 is 2.53 bits per heavy atom. The maximum atomic E-state index is 9.50. The smallest absolute Gasteiger partial charge is 0.135 e. The quantitative estimate of drug-likeness (QED) is 0.713. The van der Waals surface area contributed by atoms with Gasteiger partial charge < -0.3 is 4.74 Å². The van der Waals surface area contributed by atoms with Crippen LogP contribution in [-0.2, 0) is 4.74 Å². The first-order valence-corrected chi connectivity index (χ1v) is 5.94. The predicted octanol–water partition coefficient (Wildman–Crippen LogP) is 2.18. The van der Waals surface area contributed by atoms with Crippen LogP contribution in [0.4, 0.5) is 0 Å². The zero-order valence-corrected chi connectivity index (χ0v) is 10.1. The summed E-state index contributed by atoms with van der Waals surface area (Å²) in [5.74, 6) is 0. The number of ether oxygens (including phenoxy) is 1. The van der Waals surface area contributed by atoms with E-state index in [0.717, 1.165) is 32.4 Å². The van der Waals surface area contributed by atoms with Gasteiger partial charge in [-0.05, 0) is 25.9 Å². The van der Waals surface area contributed by atoms with E-state index in [1.54, 1.807) is 7.11 Å². The molecule has 0 saturated heterocycles. The molecule has 3 nitrogen and oxygen atoms in total. The topological polar surface area (TPSA) is 36.3 Å². The lowest BCUT2D eigenvalue weighted by Gasteiger charge is -2.45.